The molecule has 2 fully saturated rings. The van der Waals surface area contributed by atoms with Gasteiger partial charge in [-0.15, -0.1) is 24.0 Å². The van der Waals surface area contributed by atoms with Crippen molar-refractivity contribution in [3.8, 4) is 0 Å². The van der Waals surface area contributed by atoms with Gasteiger partial charge in [-0.2, -0.15) is 0 Å². The number of nitrogens with zero attached hydrogens (tertiary/aromatic N) is 3. The molecule has 0 bridgehead atoms. The molecule has 0 spiro atoms. The van der Waals surface area contributed by atoms with Gasteiger partial charge < -0.3 is 20.1 Å². The Morgan fingerprint density at radius 1 is 1.16 bits per heavy atom. The summed E-state index contributed by atoms with van der Waals surface area (Å²) in [6.45, 7) is 3.28. The molecule has 0 atom stereocenters. The zero-order valence-corrected chi connectivity index (χ0v) is 18.0. The summed E-state index contributed by atoms with van der Waals surface area (Å²) >= 11 is 0. The van der Waals surface area contributed by atoms with Crippen molar-refractivity contribution in [1.82, 2.24) is 20.1 Å². The predicted octanol–water partition coefficient (Wildman–Crippen LogP) is 3.11. The predicted molar refractivity (Wildman–Crippen MR) is 116 cm³/mol. The highest BCUT2D eigenvalue weighted by atomic mass is 127. The van der Waals surface area contributed by atoms with Gasteiger partial charge >= 0.3 is 0 Å². The molecule has 2 N–H and O–H groups in total. The number of nitrogens with one attached hydrogen (secondary N) is 2. The van der Waals surface area contributed by atoms with E-state index in [4.69, 9.17) is 0 Å². The normalized spacial score (nSPS) is 21.0. The van der Waals surface area contributed by atoms with E-state index in [-0.39, 0.29) is 24.0 Å². The van der Waals surface area contributed by atoms with Crippen molar-refractivity contribution in [3.05, 3.63) is 24.0 Å². The van der Waals surface area contributed by atoms with Crippen molar-refractivity contribution in [2.45, 2.75) is 63.6 Å². The van der Waals surface area contributed by atoms with E-state index in [0.29, 0.717) is 6.04 Å². The van der Waals surface area contributed by atoms with Gasteiger partial charge in [0, 0.05) is 51.2 Å². The van der Waals surface area contributed by atoms with Gasteiger partial charge in [0.25, 0.3) is 0 Å². The van der Waals surface area contributed by atoms with Crippen molar-refractivity contribution >= 4 is 29.9 Å². The average Bonchev–Trinajstić information content (AvgIpc) is 3.05. The molecule has 5 nitrogen and oxygen atoms in total. The lowest BCUT2D eigenvalue weighted by Crippen LogP contribution is -2.50. The molecular weight excluding hydrogens is 425 g/mol. The van der Waals surface area contributed by atoms with Gasteiger partial charge in [0.1, 0.15) is 0 Å². The summed E-state index contributed by atoms with van der Waals surface area (Å²) in [5.41, 5.74) is 1.27. The highest BCUT2D eigenvalue weighted by Crippen LogP contribution is 2.25. The number of piperidine rings is 1. The lowest BCUT2D eigenvalue weighted by molar-refractivity contribution is 0.119. The average molecular weight is 459 g/mol. The molecule has 1 aliphatic carbocycles. The van der Waals surface area contributed by atoms with Crippen LogP contribution >= 0.6 is 24.0 Å². The fourth-order valence-corrected chi connectivity index (χ4v) is 4.10. The third kappa shape index (κ3) is 5.88. The summed E-state index contributed by atoms with van der Waals surface area (Å²) in [6, 6.07) is 5.62. The molecule has 0 radical (unpaired) electrons. The van der Waals surface area contributed by atoms with Gasteiger partial charge in [0.05, 0.1) is 6.54 Å². The van der Waals surface area contributed by atoms with E-state index in [1.165, 1.54) is 63.7 Å². The van der Waals surface area contributed by atoms with Crippen LogP contribution in [0.5, 0.6) is 0 Å². The molecule has 1 aliphatic heterocycles. The van der Waals surface area contributed by atoms with Crippen LogP contribution in [0.3, 0.4) is 0 Å². The largest absolute Gasteiger partial charge is 0.354 e. The summed E-state index contributed by atoms with van der Waals surface area (Å²) in [7, 11) is 3.94. The van der Waals surface area contributed by atoms with Crippen LogP contribution in [0.25, 0.3) is 0 Å². The number of likely N-dealkylation sites (tertiary alicyclic amines) is 1. The van der Waals surface area contributed by atoms with Crippen LogP contribution in [0.4, 0.5) is 0 Å². The van der Waals surface area contributed by atoms with Gasteiger partial charge in [-0.1, -0.05) is 19.3 Å². The summed E-state index contributed by atoms with van der Waals surface area (Å²) in [5, 5.41) is 7.05. The quantitative estimate of drug-likeness (QED) is 0.413. The molecule has 2 aliphatic rings. The summed E-state index contributed by atoms with van der Waals surface area (Å²) in [6.07, 6.45) is 11.7. The number of aromatic nitrogens is 1. The Balaban J connectivity index is 0.00000225. The first-order chi connectivity index (χ1) is 11.8. The molecule has 0 aromatic carbocycles. The smallest absolute Gasteiger partial charge is 0.191 e. The Labute approximate surface area is 169 Å². The first-order valence-electron chi connectivity index (χ1n) is 9.57. The van der Waals surface area contributed by atoms with E-state index in [0.717, 1.165) is 18.5 Å². The van der Waals surface area contributed by atoms with Crippen molar-refractivity contribution in [2.24, 2.45) is 12.0 Å². The molecule has 142 valence electrons. The number of aliphatic imine (C=N–C) groups is 1. The molecule has 2 heterocycles. The fraction of sp³-hybridized carbons (Fsp3) is 0.737. The lowest BCUT2D eigenvalue weighted by atomic mass is 9.92. The van der Waals surface area contributed by atoms with Crippen LogP contribution in [0, 0.1) is 0 Å². The van der Waals surface area contributed by atoms with E-state index < -0.39 is 0 Å². The maximum atomic E-state index is 4.39. The zero-order chi connectivity index (χ0) is 16.8. The molecule has 3 rings (SSSR count). The van der Waals surface area contributed by atoms with Crippen LogP contribution in [0.15, 0.2) is 23.3 Å². The highest BCUT2D eigenvalue weighted by molar-refractivity contribution is 14.0. The lowest BCUT2D eigenvalue weighted by Gasteiger charge is -2.39. The molecule has 0 unspecified atom stereocenters. The van der Waals surface area contributed by atoms with Crippen molar-refractivity contribution < 1.29 is 0 Å². The van der Waals surface area contributed by atoms with Crippen molar-refractivity contribution in [2.75, 3.05) is 20.1 Å². The summed E-state index contributed by atoms with van der Waals surface area (Å²) in [5.74, 6) is 0.923. The Hall–Kier alpha value is -0.760. The third-order valence-electron chi connectivity index (χ3n) is 5.67. The first kappa shape index (κ1) is 20.6. The minimum absolute atomic E-state index is 0. The van der Waals surface area contributed by atoms with Crippen LogP contribution in [-0.2, 0) is 13.6 Å². The Morgan fingerprint density at radius 2 is 1.88 bits per heavy atom. The van der Waals surface area contributed by atoms with Crippen LogP contribution in [0.2, 0.25) is 0 Å². The topological polar surface area (TPSA) is 44.6 Å². The van der Waals surface area contributed by atoms with E-state index in [1.807, 2.05) is 7.05 Å². The minimum Gasteiger partial charge on any atom is -0.354 e. The number of guanidine groups is 1. The zero-order valence-electron chi connectivity index (χ0n) is 15.7. The van der Waals surface area contributed by atoms with Crippen molar-refractivity contribution in [1.29, 1.82) is 0 Å². The van der Waals surface area contributed by atoms with E-state index in [9.17, 15) is 0 Å². The second-order valence-corrected chi connectivity index (χ2v) is 7.28. The maximum absolute atomic E-state index is 4.39. The van der Waals surface area contributed by atoms with Gasteiger partial charge in [0.2, 0.25) is 0 Å². The van der Waals surface area contributed by atoms with Gasteiger partial charge in [-0.25, -0.2) is 0 Å². The summed E-state index contributed by atoms with van der Waals surface area (Å²) in [4.78, 5) is 7.13. The van der Waals surface area contributed by atoms with Gasteiger partial charge in [-0.3, -0.25) is 4.99 Å². The third-order valence-corrected chi connectivity index (χ3v) is 5.67. The molecule has 0 amide bonds. The number of hydrogen-bond acceptors (Lipinski definition) is 2. The number of rotatable bonds is 4. The SMILES string of the molecule is CN=C(NCc1cccn1C)NC1CCN(C2CCCCC2)CC1.I. The monoisotopic (exact) mass is 459 g/mol. The second kappa shape index (κ2) is 10.4. The maximum Gasteiger partial charge on any atom is 0.191 e. The Kier molecular flexibility index (Phi) is 8.55. The second-order valence-electron chi connectivity index (χ2n) is 7.28. The number of aryl methyl sites for hydroxylation is 1. The highest BCUT2D eigenvalue weighted by Gasteiger charge is 2.26. The Morgan fingerprint density at radius 3 is 2.48 bits per heavy atom. The summed E-state index contributed by atoms with van der Waals surface area (Å²) < 4.78 is 2.14. The van der Waals surface area contributed by atoms with Crippen LogP contribution in [-0.4, -0.2) is 47.6 Å². The Bertz CT molecular complexity index is 528. The molecular formula is C19H34IN5. The first-order valence-corrected chi connectivity index (χ1v) is 9.57. The van der Waals surface area contributed by atoms with Gasteiger partial charge in [0.15, 0.2) is 5.96 Å². The fourth-order valence-electron chi connectivity index (χ4n) is 4.10. The molecule has 1 aromatic rings. The number of halogens is 1. The van der Waals surface area contributed by atoms with Gasteiger partial charge in [-0.05, 0) is 37.8 Å². The molecule has 1 aromatic heterocycles. The van der Waals surface area contributed by atoms with E-state index >= 15 is 0 Å². The molecule has 6 heteroatoms. The van der Waals surface area contributed by atoms with Crippen LogP contribution < -0.4 is 10.6 Å². The minimum atomic E-state index is 0. The molecule has 1 saturated carbocycles. The molecule has 1 saturated heterocycles. The molecule has 25 heavy (non-hydrogen) atoms. The number of hydrogen-bond donors (Lipinski definition) is 2. The van der Waals surface area contributed by atoms with Crippen molar-refractivity contribution in [3.63, 3.8) is 0 Å². The standard InChI is InChI=1S/C19H33N5.HI/c1-20-19(21-15-18-9-6-12-23(18)2)22-16-10-13-24(14-11-16)17-7-4-3-5-8-17;/h6,9,12,16-17H,3-5,7-8,10-11,13-15H2,1-2H3,(H2,20,21,22);1H. The van der Waals surface area contributed by atoms with E-state index in [1.54, 1.807) is 0 Å². The van der Waals surface area contributed by atoms with Crippen LogP contribution in [0.1, 0.15) is 50.6 Å². The van der Waals surface area contributed by atoms with E-state index in [2.05, 4.69) is 50.5 Å².